The maximum Gasteiger partial charge on any atom is 0.216 e. The second kappa shape index (κ2) is 7.89. The van der Waals surface area contributed by atoms with Crippen molar-refractivity contribution in [1.29, 1.82) is 0 Å². The van der Waals surface area contributed by atoms with Gasteiger partial charge < -0.3 is 19.8 Å². The van der Waals surface area contributed by atoms with Crippen LogP contribution in [-0.4, -0.2) is 37.7 Å². The van der Waals surface area contributed by atoms with E-state index in [1.165, 1.54) is 0 Å². The zero-order valence-corrected chi connectivity index (χ0v) is 13.1. The smallest absolute Gasteiger partial charge is 0.216 e. The van der Waals surface area contributed by atoms with Crippen LogP contribution < -0.4 is 10.6 Å². The molecule has 0 spiro atoms. The van der Waals surface area contributed by atoms with Gasteiger partial charge in [-0.25, -0.2) is 9.98 Å². The van der Waals surface area contributed by atoms with Crippen molar-refractivity contribution in [3.05, 3.63) is 17.8 Å². The Bertz CT molecular complexity index is 421. The molecule has 1 aromatic rings. The van der Waals surface area contributed by atoms with E-state index in [-0.39, 0.29) is 5.41 Å². The number of aliphatic imine (C=N–C) groups is 1. The van der Waals surface area contributed by atoms with Gasteiger partial charge in [-0.15, -0.1) is 0 Å². The third-order valence-electron chi connectivity index (χ3n) is 2.61. The first-order valence-corrected chi connectivity index (χ1v) is 6.93. The Morgan fingerprint density at radius 3 is 2.70 bits per heavy atom. The zero-order valence-electron chi connectivity index (χ0n) is 13.1. The van der Waals surface area contributed by atoms with E-state index in [9.17, 15) is 0 Å². The number of rotatable bonds is 6. The number of hydrogen-bond donors (Lipinski definition) is 2. The van der Waals surface area contributed by atoms with Crippen molar-refractivity contribution in [2.24, 2.45) is 4.99 Å². The number of guanidine groups is 1. The maximum absolute atomic E-state index is 5.70. The van der Waals surface area contributed by atoms with Gasteiger partial charge in [-0.2, -0.15) is 0 Å². The van der Waals surface area contributed by atoms with E-state index in [2.05, 4.69) is 41.4 Å². The summed E-state index contributed by atoms with van der Waals surface area (Å²) in [7, 11) is 1.67. The van der Waals surface area contributed by atoms with Crippen LogP contribution in [0.15, 0.2) is 15.6 Å². The third kappa shape index (κ3) is 5.61. The van der Waals surface area contributed by atoms with Crippen LogP contribution in [0, 0.1) is 0 Å². The minimum absolute atomic E-state index is 0.0316. The summed E-state index contributed by atoms with van der Waals surface area (Å²) >= 11 is 0. The maximum atomic E-state index is 5.70. The van der Waals surface area contributed by atoms with Crippen molar-refractivity contribution in [2.75, 3.05) is 26.8 Å². The molecule has 0 fully saturated rings. The number of methoxy groups -OCH3 is 1. The molecule has 0 aliphatic carbocycles. The number of nitrogens with one attached hydrogen (secondary N) is 2. The summed E-state index contributed by atoms with van der Waals surface area (Å²) in [5.41, 5.74) is -0.0316. The minimum atomic E-state index is -0.0316. The number of nitrogens with zero attached hydrogens (tertiary/aromatic N) is 2. The lowest BCUT2D eigenvalue weighted by molar-refractivity contribution is 0.203. The molecule has 0 unspecified atom stereocenters. The molecule has 1 aromatic heterocycles. The number of hydrogen-bond acceptors (Lipinski definition) is 4. The highest BCUT2D eigenvalue weighted by Crippen LogP contribution is 2.22. The van der Waals surface area contributed by atoms with Crippen molar-refractivity contribution < 1.29 is 9.15 Å². The third-order valence-corrected chi connectivity index (χ3v) is 2.61. The van der Waals surface area contributed by atoms with Gasteiger partial charge in [0.15, 0.2) is 5.96 Å². The predicted molar refractivity (Wildman–Crippen MR) is 79.9 cm³/mol. The van der Waals surface area contributed by atoms with E-state index in [0.29, 0.717) is 25.6 Å². The van der Waals surface area contributed by atoms with E-state index in [0.717, 1.165) is 18.3 Å². The number of ether oxygens (including phenoxy) is 1. The average molecular weight is 282 g/mol. The Morgan fingerprint density at radius 2 is 2.15 bits per heavy atom. The first-order chi connectivity index (χ1) is 9.47. The topological polar surface area (TPSA) is 71.7 Å². The van der Waals surface area contributed by atoms with Crippen LogP contribution in [0.4, 0.5) is 0 Å². The van der Waals surface area contributed by atoms with Gasteiger partial charge in [0.05, 0.1) is 12.8 Å². The molecule has 0 aliphatic heterocycles. The molecule has 2 N–H and O–H groups in total. The van der Waals surface area contributed by atoms with Crippen LogP contribution in [0.3, 0.4) is 0 Å². The fourth-order valence-electron chi connectivity index (χ4n) is 1.49. The largest absolute Gasteiger partial charge is 0.443 e. The molecule has 0 radical (unpaired) electrons. The van der Waals surface area contributed by atoms with Crippen molar-refractivity contribution >= 4 is 5.96 Å². The Labute approximate surface area is 121 Å². The molecule has 6 heteroatoms. The Hall–Kier alpha value is -1.56. The number of aromatic nitrogens is 1. The first-order valence-electron chi connectivity index (χ1n) is 6.93. The van der Waals surface area contributed by atoms with Gasteiger partial charge in [0, 0.05) is 25.6 Å². The Balaban J connectivity index is 2.59. The lowest BCUT2D eigenvalue weighted by Gasteiger charge is -2.13. The molecule has 0 aliphatic rings. The summed E-state index contributed by atoms with van der Waals surface area (Å²) in [6, 6.07) is 0. The summed E-state index contributed by atoms with van der Waals surface area (Å²) in [5, 5.41) is 6.34. The summed E-state index contributed by atoms with van der Waals surface area (Å²) in [5.74, 6) is 2.24. The highest BCUT2D eigenvalue weighted by molar-refractivity contribution is 5.79. The van der Waals surface area contributed by atoms with Gasteiger partial charge in [-0.1, -0.05) is 20.8 Å². The van der Waals surface area contributed by atoms with E-state index in [4.69, 9.17) is 9.15 Å². The fraction of sp³-hybridized carbons (Fsp3) is 0.714. The van der Waals surface area contributed by atoms with Crippen molar-refractivity contribution in [3.63, 3.8) is 0 Å². The van der Waals surface area contributed by atoms with Crippen molar-refractivity contribution in [2.45, 2.75) is 39.7 Å². The molecule has 1 rings (SSSR count). The SMILES string of the molecule is CCNC(=NCc1ncc(C(C)(C)C)o1)NCCOC. The number of oxazole rings is 1. The molecule has 0 saturated heterocycles. The Morgan fingerprint density at radius 1 is 1.40 bits per heavy atom. The molecule has 0 saturated carbocycles. The predicted octanol–water partition coefficient (Wildman–Crippen LogP) is 1.67. The average Bonchev–Trinajstić information content (AvgIpc) is 2.85. The second-order valence-electron chi connectivity index (χ2n) is 5.48. The standard InChI is InChI=1S/C14H26N4O2/c1-6-15-13(16-7-8-19-5)18-10-12-17-9-11(20-12)14(2,3)4/h9H,6-8,10H2,1-5H3,(H2,15,16,18). The van der Waals surface area contributed by atoms with E-state index >= 15 is 0 Å². The minimum Gasteiger partial charge on any atom is -0.443 e. The fourth-order valence-corrected chi connectivity index (χ4v) is 1.49. The molecule has 0 atom stereocenters. The highest BCUT2D eigenvalue weighted by Gasteiger charge is 2.18. The molecular formula is C14H26N4O2. The van der Waals surface area contributed by atoms with Crippen LogP contribution in [0.2, 0.25) is 0 Å². The zero-order chi connectivity index (χ0) is 15.0. The van der Waals surface area contributed by atoms with Crippen LogP contribution in [0.5, 0.6) is 0 Å². The quantitative estimate of drug-likeness (QED) is 0.472. The van der Waals surface area contributed by atoms with Crippen molar-refractivity contribution in [1.82, 2.24) is 15.6 Å². The van der Waals surface area contributed by atoms with Crippen LogP contribution in [-0.2, 0) is 16.7 Å². The molecule has 0 amide bonds. The van der Waals surface area contributed by atoms with Crippen LogP contribution in [0.1, 0.15) is 39.3 Å². The molecule has 20 heavy (non-hydrogen) atoms. The van der Waals surface area contributed by atoms with E-state index in [1.54, 1.807) is 13.3 Å². The van der Waals surface area contributed by atoms with Crippen molar-refractivity contribution in [3.8, 4) is 0 Å². The first kappa shape index (κ1) is 16.5. The van der Waals surface area contributed by atoms with Crippen LogP contribution >= 0.6 is 0 Å². The molecule has 0 bridgehead atoms. The summed E-state index contributed by atoms with van der Waals surface area (Å²) in [6.07, 6.45) is 1.77. The van der Waals surface area contributed by atoms with Gasteiger partial charge in [-0.05, 0) is 6.92 Å². The summed E-state index contributed by atoms with van der Waals surface area (Å²) in [4.78, 5) is 8.69. The summed E-state index contributed by atoms with van der Waals surface area (Å²) < 4.78 is 10.7. The lowest BCUT2D eigenvalue weighted by Crippen LogP contribution is -2.38. The van der Waals surface area contributed by atoms with Gasteiger partial charge in [0.1, 0.15) is 12.3 Å². The van der Waals surface area contributed by atoms with E-state index < -0.39 is 0 Å². The second-order valence-corrected chi connectivity index (χ2v) is 5.48. The lowest BCUT2D eigenvalue weighted by atomic mass is 9.94. The molecule has 1 heterocycles. The van der Waals surface area contributed by atoms with Gasteiger partial charge in [0.25, 0.3) is 0 Å². The molecule has 114 valence electrons. The molecule has 6 nitrogen and oxygen atoms in total. The monoisotopic (exact) mass is 282 g/mol. The van der Waals surface area contributed by atoms with E-state index in [1.807, 2.05) is 6.92 Å². The Kier molecular flexibility index (Phi) is 6.51. The van der Waals surface area contributed by atoms with Crippen LogP contribution in [0.25, 0.3) is 0 Å². The van der Waals surface area contributed by atoms with Gasteiger partial charge in [0.2, 0.25) is 5.89 Å². The normalized spacial score (nSPS) is 12.6. The van der Waals surface area contributed by atoms with Gasteiger partial charge in [-0.3, -0.25) is 0 Å². The van der Waals surface area contributed by atoms with Gasteiger partial charge >= 0.3 is 0 Å². The highest BCUT2D eigenvalue weighted by atomic mass is 16.5. The molecular weight excluding hydrogens is 256 g/mol. The molecule has 0 aromatic carbocycles. The summed E-state index contributed by atoms with van der Waals surface area (Å²) in [6.45, 7) is 10.9.